The minimum Gasteiger partial charge on any atom is -0.370 e. The third kappa shape index (κ3) is 4.08. The van der Waals surface area contributed by atoms with Crippen molar-refractivity contribution in [1.29, 1.82) is 0 Å². The molecular weight excluding hydrogens is 236 g/mol. The van der Waals surface area contributed by atoms with E-state index in [1.54, 1.807) is 0 Å². The summed E-state index contributed by atoms with van der Waals surface area (Å²) in [5.74, 6) is 3.02. The van der Waals surface area contributed by atoms with Gasteiger partial charge in [0.25, 0.3) is 0 Å². The second-order valence-corrected chi connectivity index (χ2v) is 4.81. The van der Waals surface area contributed by atoms with E-state index in [2.05, 4.69) is 49.8 Å². The van der Waals surface area contributed by atoms with Crippen LogP contribution < -0.4 is 10.2 Å². The van der Waals surface area contributed by atoms with E-state index in [1.165, 1.54) is 5.56 Å². The summed E-state index contributed by atoms with van der Waals surface area (Å²) >= 11 is 0. The van der Waals surface area contributed by atoms with Crippen LogP contribution in [0, 0.1) is 6.92 Å². The van der Waals surface area contributed by atoms with Crippen molar-refractivity contribution < 1.29 is 0 Å². The van der Waals surface area contributed by atoms with Crippen molar-refractivity contribution in [2.75, 3.05) is 29.9 Å². The second kappa shape index (κ2) is 7.97. The van der Waals surface area contributed by atoms with Gasteiger partial charge in [0.2, 0.25) is 0 Å². The van der Waals surface area contributed by atoms with Gasteiger partial charge >= 0.3 is 0 Å². The van der Waals surface area contributed by atoms with Gasteiger partial charge in [0.15, 0.2) is 0 Å². The number of hydrogen-bond donors (Lipinski definition) is 1. The summed E-state index contributed by atoms with van der Waals surface area (Å²) in [4.78, 5) is 11.7. The van der Waals surface area contributed by atoms with Gasteiger partial charge in [0.1, 0.15) is 17.5 Å². The molecule has 0 atom stereocenters. The Labute approximate surface area is 117 Å². The molecular formula is C15H28N4. The van der Waals surface area contributed by atoms with Gasteiger partial charge in [-0.25, -0.2) is 9.97 Å². The predicted octanol–water partition coefficient (Wildman–Crippen LogP) is 3.41. The number of nitrogens with zero attached hydrogens (tertiary/aromatic N) is 3. The van der Waals surface area contributed by atoms with Crippen LogP contribution in [-0.2, 0) is 6.42 Å². The molecule has 1 aromatic heterocycles. The minimum atomic E-state index is 0.873. The van der Waals surface area contributed by atoms with Crippen LogP contribution >= 0.6 is 0 Å². The Bertz CT molecular complexity index is 384. The lowest BCUT2D eigenvalue weighted by molar-refractivity contribution is 0.724. The van der Waals surface area contributed by atoms with E-state index in [4.69, 9.17) is 4.98 Å². The van der Waals surface area contributed by atoms with Crippen LogP contribution in [-0.4, -0.2) is 29.6 Å². The molecule has 0 bridgehead atoms. The Morgan fingerprint density at radius 2 is 1.63 bits per heavy atom. The van der Waals surface area contributed by atoms with E-state index in [1.807, 2.05) is 0 Å². The molecule has 1 rings (SSSR count). The van der Waals surface area contributed by atoms with E-state index < -0.39 is 0 Å². The molecule has 108 valence electrons. The minimum absolute atomic E-state index is 0.873. The van der Waals surface area contributed by atoms with Crippen LogP contribution in [0.25, 0.3) is 0 Å². The van der Waals surface area contributed by atoms with Gasteiger partial charge in [0, 0.05) is 31.6 Å². The first-order chi connectivity index (χ1) is 9.17. The number of anilines is 2. The van der Waals surface area contributed by atoms with Crippen LogP contribution in [0.1, 0.15) is 51.9 Å². The number of hydrogen-bond acceptors (Lipinski definition) is 4. The predicted molar refractivity (Wildman–Crippen MR) is 83.1 cm³/mol. The van der Waals surface area contributed by atoms with Crippen molar-refractivity contribution in [2.24, 2.45) is 0 Å². The standard InChI is InChI=1S/C15H28N4/c1-6-10-19(11-7-2)15-12(5)14(16-9-4)17-13(8-3)18-15/h6-11H2,1-5H3,(H,16,17,18). The maximum Gasteiger partial charge on any atom is 0.137 e. The molecule has 0 saturated carbocycles. The third-order valence-corrected chi connectivity index (χ3v) is 3.11. The molecule has 0 aromatic carbocycles. The number of aromatic nitrogens is 2. The summed E-state index contributed by atoms with van der Waals surface area (Å²) < 4.78 is 0. The highest BCUT2D eigenvalue weighted by atomic mass is 15.2. The average molecular weight is 264 g/mol. The molecule has 0 unspecified atom stereocenters. The molecule has 0 aliphatic rings. The van der Waals surface area contributed by atoms with Crippen LogP contribution in [0.15, 0.2) is 0 Å². The van der Waals surface area contributed by atoms with Gasteiger partial charge < -0.3 is 10.2 Å². The lowest BCUT2D eigenvalue weighted by atomic mass is 10.2. The number of rotatable bonds is 8. The number of aryl methyl sites for hydroxylation is 1. The van der Waals surface area contributed by atoms with E-state index in [0.29, 0.717) is 0 Å². The fourth-order valence-corrected chi connectivity index (χ4v) is 2.22. The van der Waals surface area contributed by atoms with Gasteiger partial charge in [0.05, 0.1) is 0 Å². The van der Waals surface area contributed by atoms with Crippen molar-refractivity contribution in [3.8, 4) is 0 Å². The maximum atomic E-state index is 4.75. The normalized spacial score (nSPS) is 10.6. The highest BCUT2D eigenvalue weighted by molar-refractivity contribution is 5.58. The number of nitrogens with one attached hydrogen (secondary N) is 1. The quantitative estimate of drug-likeness (QED) is 0.781. The average Bonchev–Trinajstić information content (AvgIpc) is 2.41. The molecule has 19 heavy (non-hydrogen) atoms. The lowest BCUT2D eigenvalue weighted by Crippen LogP contribution is -2.27. The fourth-order valence-electron chi connectivity index (χ4n) is 2.22. The molecule has 1 aromatic rings. The zero-order valence-corrected chi connectivity index (χ0v) is 13.1. The van der Waals surface area contributed by atoms with Crippen molar-refractivity contribution in [3.63, 3.8) is 0 Å². The molecule has 0 saturated heterocycles. The third-order valence-electron chi connectivity index (χ3n) is 3.11. The fraction of sp³-hybridized carbons (Fsp3) is 0.733. The van der Waals surface area contributed by atoms with E-state index in [0.717, 1.165) is 56.4 Å². The summed E-state index contributed by atoms with van der Waals surface area (Å²) in [6, 6.07) is 0. The summed E-state index contributed by atoms with van der Waals surface area (Å²) in [6.45, 7) is 13.8. The highest BCUT2D eigenvalue weighted by Gasteiger charge is 2.15. The summed E-state index contributed by atoms with van der Waals surface area (Å²) in [5, 5.41) is 3.35. The lowest BCUT2D eigenvalue weighted by Gasteiger charge is -2.25. The maximum absolute atomic E-state index is 4.75. The summed E-state index contributed by atoms with van der Waals surface area (Å²) in [5.41, 5.74) is 1.17. The Hall–Kier alpha value is -1.32. The molecule has 4 nitrogen and oxygen atoms in total. The Morgan fingerprint density at radius 1 is 1.00 bits per heavy atom. The van der Waals surface area contributed by atoms with Crippen LogP contribution in [0.4, 0.5) is 11.6 Å². The first-order valence-corrected chi connectivity index (χ1v) is 7.54. The zero-order valence-electron chi connectivity index (χ0n) is 13.1. The first kappa shape index (κ1) is 15.7. The first-order valence-electron chi connectivity index (χ1n) is 7.54. The Morgan fingerprint density at radius 3 is 2.11 bits per heavy atom. The van der Waals surface area contributed by atoms with Crippen molar-refractivity contribution >= 4 is 11.6 Å². The SMILES string of the molecule is CCCN(CCC)c1nc(CC)nc(NCC)c1C. The molecule has 0 amide bonds. The van der Waals surface area contributed by atoms with Crippen LogP contribution in [0.2, 0.25) is 0 Å². The second-order valence-electron chi connectivity index (χ2n) is 4.81. The summed E-state index contributed by atoms with van der Waals surface area (Å²) in [6.07, 6.45) is 3.15. The molecule has 0 aliphatic heterocycles. The zero-order chi connectivity index (χ0) is 14.3. The molecule has 4 heteroatoms. The molecule has 0 aliphatic carbocycles. The highest BCUT2D eigenvalue weighted by Crippen LogP contribution is 2.24. The van der Waals surface area contributed by atoms with E-state index >= 15 is 0 Å². The Kier molecular flexibility index (Phi) is 6.60. The molecule has 1 N–H and O–H groups in total. The topological polar surface area (TPSA) is 41.1 Å². The smallest absolute Gasteiger partial charge is 0.137 e. The van der Waals surface area contributed by atoms with Crippen molar-refractivity contribution in [1.82, 2.24) is 9.97 Å². The van der Waals surface area contributed by atoms with E-state index in [-0.39, 0.29) is 0 Å². The van der Waals surface area contributed by atoms with E-state index in [9.17, 15) is 0 Å². The Balaban J connectivity index is 3.17. The summed E-state index contributed by atoms with van der Waals surface area (Å²) in [7, 11) is 0. The monoisotopic (exact) mass is 264 g/mol. The van der Waals surface area contributed by atoms with Gasteiger partial charge in [-0.2, -0.15) is 0 Å². The van der Waals surface area contributed by atoms with Crippen LogP contribution in [0.3, 0.4) is 0 Å². The van der Waals surface area contributed by atoms with Gasteiger partial charge in [-0.1, -0.05) is 20.8 Å². The van der Waals surface area contributed by atoms with Gasteiger partial charge in [-0.05, 0) is 26.7 Å². The molecule has 0 radical (unpaired) electrons. The van der Waals surface area contributed by atoms with Crippen molar-refractivity contribution in [2.45, 2.75) is 53.9 Å². The molecule has 0 fully saturated rings. The van der Waals surface area contributed by atoms with Crippen LogP contribution in [0.5, 0.6) is 0 Å². The molecule has 1 heterocycles. The largest absolute Gasteiger partial charge is 0.370 e. The molecule has 0 spiro atoms. The van der Waals surface area contributed by atoms with Gasteiger partial charge in [-0.3, -0.25) is 0 Å². The van der Waals surface area contributed by atoms with Crippen molar-refractivity contribution in [3.05, 3.63) is 11.4 Å². The van der Waals surface area contributed by atoms with Gasteiger partial charge in [-0.15, -0.1) is 0 Å².